The number of nitrogens with zero attached hydrogens (tertiary/aromatic N) is 1. The van der Waals surface area contributed by atoms with Crippen molar-refractivity contribution in [2.24, 2.45) is 5.10 Å². The van der Waals surface area contributed by atoms with E-state index in [2.05, 4.69) is 21.2 Å². The Morgan fingerprint density at radius 3 is 2.34 bits per heavy atom. The lowest BCUT2D eigenvalue weighted by atomic mass is 10.1. The summed E-state index contributed by atoms with van der Waals surface area (Å²) in [5.41, 5.74) is 5.74. The van der Waals surface area contributed by atoms with Gasteiger partial charge in [-0.3, -0.25) is 14.4 Å². The Morgan fingerprint density at radius 1 is 0.857 bits per heavy atom. The quantitative estimate of drug-likeness (QED) is 0.241. The number of halogens is 2. The van der Waals surface area contributed by atoms with Gasteiger partial charge in [-0.05, 0) is 73.5 Å². The van der Waals surface area contributed by atoms with Crippen molar-refractivity contribution in [3.05, 3.63) is 87.4 Å². The number of carbonyl (C=O) groups excluding carboxylic acids is 3. The molecular formula is C25H22Cl2N4O4. The molecular weight excluding hydrogens is 491 g/mol. The topological polar surface area (TPSA) is 109 Å². The zero-order chi connectivity index (χ0) is 25.4. The Morgan fingerprint density at radius 2 is 1.60 bits per heavy atom. The minimum atomic E-state index is -0.988. The third-order valence-corrected chi connectivity index (χ3v) is 5.25. The zero-order valence-electron chi connectivity index (χ0n) is 18.9. The van der Waals surface area contributed by atoms with Crippen molar-refractivity contribution in [2.45, 2.75) is 13.8 Å². The van der Waals surface area contributed by atoms with E-state index in [0.29, 0.717) is 32.7 Å². The first-order chi connectivity index (χ1) is 16.7. The van der Waals surface area contributed by atoms with E-state index in [9.17, 15) is 14.4 Å². The first kappa shape index (κ1) is 25.7. The number of nitrogens with one attached hydrogen (secondary N) is 3. The van der Waals surface area contributed by atoms with Gasteiger partial charge in [-0.15, -0.1) is 0 Å². The number of anilines is 2. The maximum atomic E-state index is 12.3. The van der Waals surface area contributed by atoms with Crippen LogP contribution in [0.3, 0.4) is 0 Å². The van der Waals surface area contributed by atoms with Crippen LogP contribution in [0.5, 0.6) is 5.75 Å². The highest BCUT2D eigenvalue weighted by atomic mass is 35.5. The van der Waals surface area contributed by atoms with Gasteiger partial charge in [0.2, 0.25) is 0 Å². The predicted molar refractivity (Wildman–Crippen MR) is 137 cm³/mol. The number of rotatable bonds is 7. The van der Waals surface area contributed by atoms with E-state index in [1.165, 1.54) is 12.3 Å². The molecule has 0 saturated carbocycles. The van der Waals surface area contributed by atoms with Gasteiger partial charge in [0.15, 0.2) is 6.61 Å². The largest absolute Gasteiger partial charge is 0.483 e. The van der Waals surface area contributed by atoms with Crippen molar-refractivity contribution < 1.29 is 19.1 Å². The molecule has 0 unspecified atom stereocenters. The fourth-order valence-electron chi connectivity index (χ4n) is 2.88. The third-order valence-electron chi connectivity index (χ3n) is 4.78. The number of hydrogen-bond acceptors (Lipinski definition) is 5. The van der Waals surface area contributed by atoms with Gasteiger partial charge in [0.05, 0.1) is 6.21 Å². The highest BCUT2D eigenvalue weighted by molar-refractivity contribution is 6.39. The Hall–Kier alpha value is -3.88. The minimum absolute atomic E-state index is 0.260. The molecule has 0 aliphatic carbocycles. The highest BCUT2D eigenvalue weighted by Crippen LogP contribution is 2.22. The molecule has 0 bridgehead atoms. The lowest BCUT2D eigenvalue weighted by Gasteiger charge is -2.11. The molecule has 3 N–H and O–H groups in total. The van der Waals surface area contributed by atoms with Crippen LogP contribution in [0.1, 0.15) is 16.7 Å². The molecule has 0 fully saturated rings. The zero-order valence-corrected chi connectivity index (χ0v) is 20.4. The van der Waals surface area contributed by atoms with E-state index < -0.39 is 11.8 Å². The summed E-state index contributed by atoms with van der Waals surface area (Å²) in [4.78, 5) is 36.4. The molecule has 3 amide bonds. The van der Waals surface area contributed by atoms with E-state index >= 15 is 0 Å². The molecule has 3 aromatic carbocycles. The third kappa shape index (κ3) is 7.84. The van der Waals surface area contributed by atoms with Crippen molar-refractivity contribution in [3.63, 3.8) is 0 Å². The number of aryl methyl sites for hydroxylation is 2. The summed E-state index contributed by atoms with van der Waals surface area (Å²) < 4.78 is 5.61. The molecule has 3 rings (SSSR count). The van der Waals surface area contributed by atoms with Crippen LogP contribution in [-0.4, -0.2) is 30.5 Å². The number of amides is 3. The average molecular weight is 513 g/mol. The molecule has 35 heavy (non-hydrogen) atoms. The van der Waals surface area contributed by atoms with Crippen molar-refractivity contribution >= 4 is 58.5 Å². The number of hydrogen-bond donors (Lipinski definition) is 3. The normalized spacial score (nSPS) is 10.6. The lowest BCUT2D eigenvalue weighted by Crippen LogP contribution is -2.32. The van der Waals surface area contributed by atoms with Gasteiger partial charge in [-0.1, -0.05) is 35.3 Å². The van der Waals surface area contributed by atoms with Gasteiger partial charge in [0, 0.05) is 27.0 Å². The van der Waals surface area contributed by atoms with E-state index in [-0.39, 0.29) is 12.5 Å². The van der Waals surface area contributed by atoms with E-state index in [1.807, 2.05) is 32.0 Å². The molecule has 10 heteroatoms. The van der Waals surface area contributed by atoms with Crippen molar-refractivity contribution in [2.75, 3.05) is 17.2 Å². The highest BCUT2D eigenvalue weighted by Gasteiger charge is 2.13. The summed E-state index contributed by atoms with van der Waals surface area (Å²) >= 11 is 11.9. The second-order valence-corrected chi connectivity index (χ2v) is 8.35. The molecule has 0 aromatic heterocycles. The Labute approximate surface area is 212 Å². The van der Waals surface area contributed by atoms with Crippen LogP contribution < -0.4 is 20.8 Å². The minimum Gasteiger partial charge on any atom is -0.483 e. The van der Waals surface area contributed by atoms with Gasteiger partial charge >= 0.3 is 11.8 Å². The Balaban J connectivity index is 1.58. The van der Waals surface area contributed by atoms with Crippen LogP contribution in [0.4, 0.5) is 11.4 Å². The molecule has 0 saturated heterocycles. The SMILES string of the molecule is Cc1ccc(NC(=O)COc2ccc(Cl)cc2/C=N\NC(=O)C(=O)Nc2cccc(Cl)c2)cc1C. The summed E-state index contributed by atoms with van der Waals surface area (Å²) in [5, 5.41) is 9.77. The predicted octanol–water partition coefficient (Wildman–Crippen LogP) is 4.72. The molecule has 0 aliphatic rings. The van der Waals surface area contributed by atoms with Crippen LogP contribution >= 0.6 is 23.2 Å². The molecule has 0 aliphatic heterocycles. The van der Waals surface area contributed by atoms with Crippen LogP contribution in [-0.2, 0) is 14.4 Å². The molecule has 0 heterocycles. The summed E-state index contributed by atoms with van der Waals surface area (Å²) in [6.45, 7) is 3.69. The summed E-state index contributed by atoms with van der Waals surface area (Å²) in [6, 6.07) is 16.7. The summed E-state index contributed by atoms with van der Waals surface area (Å²) in [5.74, 6) is -1.95. The van der Waals surface area contributed by atoms with Gasteiger partial charge in [0.1, 0.15) is 5.75 Å². The van der Waals surface area contributed by atoms with Crippen LogP contribution in [0.15, 0.2) is 65.8 Å². The number of benzene rings is 3. The average Bonchev–Trinajstić information content (AvgIpc) is 2.81. The Bertz CT molecular complexity index is 1290. The Kier molecular flexibility index (Phi) is 8.83. The van der Waals surface area contributed by atoms with Crippen molar-refractivity contribution in [1.82, 2.24) is 5.43 Å². The van der Waals surface area contributed by atoms with Gasteiger partial charge in [-0.2, -0.15) is 5.10 Å². The molecule has 0 radical (unpaired) electrons. The van der Waals surface area contributed by atoms with Crippen LogP contribution in [0.2, 0.25) is 10.0 Å². The summed E-state index contributed by atoms with van der Waals surface area (Å²) in [6.07, 6.45) is 1.26. The monoisotopic (exact) mass is 512 g/mol. The molecule has 0 atom stereocenters. The van der Waals surface area contributed by atoms with E-state index in [0.717, 1.165) is 11.1 Å². The van der Waals surface area contributed by atoms with Gasteiger partial charge in [0.25, 0.3) is 5.91 Å². The van der Waals surface area contributed by atoms with Crippen LogP contribution in [0.25, 0.3) is 0 Å². The van der Waals surface area contributed by atoms with Crippen LogP contribution in [0, 0.1) is 13.8 Å². The second-order valence-electron chi connectivity index (χ2n) is 7.48. The van der Waals surface area contributed by atoms with E-state index in [1.54, 1.807) is 36.4 Å². The first-order valence-corrected chi connectivity index (χ1v) is 11.2. The molecule has 8 nitrogen and oxygen atoms in total. The second kappa shape index (κ2) is 12.0. The standard InChI is InChI=1S/C25H22Cl2N4O4/c1-15-6-8-21(10-16(15)2)29-23(32)14-35-22-9-7-19(27)11-17(22)13-28-31-25(34)24(33)30-20-5-3-4-18(26)12-20/h3-13H,14H2,1-2H3,(H,29,32)(H,30,33)(H,31,34)/b28-13-. The molecule has 3 aromatic rings. The smallest absolute Gasteiger partial charge is 0.329 e. The van der Waals surface area contributed by atoms with E-state index in [4.69, 9.17) is 27.9 Å². The first-order valence-electron chi connectivity index (χ1n) is 10.4. The number of carbonyl (C=O) groups is 3. The van der Waals surface area contributed by atoms with Gasteiger partial charge in [-0.25, -0.2) is 5.43 Å². The summed E-state index contributed by atoms with van der Waals surface area (Å²) in [7, 11) is 0. The van der Waals surface area contributed by atoms with Gasteiger partial charge < -0.3 is 15.4 Å². The van der Waals surface area contributed by atoms with Crippen molar-refractivity contribution in [1.29, 1.82) is 0 Å². The lowest BCUT2D eigenvalue weighted by molar-refractivity contribution is -0.136. The van der Waals surface area contributed by atoms with Crippen molar-refractivity contribution in [3.8, 4) is 5.75 Å². The number of ether oxygens (including phenoxy) is 1. The fraction of sp³-hybridized carbons (Fsp3) is 0.120. The fourth-order valence-corrected chi connectivity index (χ4v) is 3.25. The maximum absolute atomic E-state index is 12.3. The maximum Gasteiger partial charge on any atom is 0.329 e. The number of hydrazone groups is 1. The molecule has 180 valence electrons. The molecule has 0 spiro atoms.